The smallest absolute Gasteiger partial charge is 0.199 e. The predicted molar refractivity (Wildman–Crippen MR) is 101 cm³/mol. The summed E-state index contributed by atoms with van der Waals surface area (Å²) in [6.07, 6.45) is 3.40. The minimum Gasteiger partial charge on any atom is -0.367 e. The maximum Gasteiger partial charge on any atom is 0.199 e. The summed E-state index contributed by atoms with van der Waals surface area (Å²) in [5, 5.41) is 12.2. The highest BCUT2D eigenvalue weighted by molar-refractivity contribution is 6.04. The summed E-state index contributed by atoms with van der Waals surface area (Å²) < 4.78 is 2.08. The Hall–Kier alpha value is -3.65. The summed E-state index contributed by atoms with van der Waals surface area (Å²) >= 11 is 0. The minimum absolute atomic E-state index is 0.0835. The first kappa shape index (κ1) is 14.7. The third-order valence-corrected chi connectivity index (χ3v) is 4.96. The molecule has 26 heavy (non-hydrogen) atoms. The molecule has 1 aliphatic rings. The number of benzene rings is 2. The van der Waals surface area contributed by atoms with E-state index in [9.17, 15) is 10.1 Å². The van der Waals surface area contributed by atoms with Crippen molar-refractivity contribution < 1.29 is 0 Å². The molecular weight excluding hydrogens is 324 g/mol. The van der Waals surface area contributed by atoms with Crippen LogP contribution in [0.25, 0.3) is 32.8 Å². The summed E-state index contributed by atoms with van der Waals surface area (Å²) in [6, 6.07) is 16.1. The van der Waals surface area contributed by atoms with Crippen molar-refractivity contribution in [1.82, 2.24) is 9.55 Å². The molecule has 5 heteroatoms. The number of rotatable bonds is 1. The summed E-state index contributed by atoms with van der Waals surface area (Å²) in [6.45, 7) is 1.37. The highest BCUT2D eigenvalue weighted by atomic mass is 16.1. The van der Waals surface area contributed by atoms with Crippen molar-refractivity contribution in [3.8, 4) is 17.3 Å². The molecule has 0 bridgehead atoms. The molecule has 0 aliphatic carbocycles. The Kier molecular flexibility index (Phi) is 3.06. The van der Waals surface area contributed by atoms with Gasteiger partial charge in [0.25, 0.3) is 0 Å². The number of fused-ring (bicyclic) bond motifs is 4. The van der Waals surface area contributed by atoms with Crippen molar-refractivity contribution in [3.05, 3.63) is 76.1 Å². The van der Waals surface area contributed by atoms with E-state index >= 15 is 0 Å². The van der Waals surface area contributed by atoms with Crippen molar-refractivity contribution in [2.45, 2.75) is 6.54 Å². The first-order chi connectivity index (χ1) is 12.8. The van der Waals surface area contributed by atoms with Gasteiger partial charge in [-0.1, -0.05) is 30.3 Å². The van der Waals surface area contributed by atoms with E-state index in [0.29, 0.717) is 39.1 Å². The molecule has 0 radical (unpaired) electrons. The van der Waals surface area contributed by atoms with Crippen LogP contribution in [0.2, 0.25) is 0 Å². The lowest BCUT2D eigenvalue weighted by molar-refractivity contribution is 0.767. The van der Waals surface area contributed by atoms with Gasteiger partial charge in [0.2, 0.25) is 0 Å². The molecule has 0 spiro atoms. The van der Waals surface area contributed by atoms with Crippen molar-refractivity contribution >= 4 is 21.5 Å². The normalized spacial score (nSPS) is 12.7. The van der Waals surface area contributed by atoms with Gasteiger partial charge >= 0.3 is 0 Å². The molecule has 4 aromatic rings. The largest absolute Gasteiger partial charge is 0.367 e. The van der Waals surface area contributed by atoms with E-state index in [1.54, 1.807) is 18.5 Å². The van der Waals surface area contributed by atoms with Crippen LogP contribution in [0, 0.1) is 11.3 Å². The summed E-state index contributed by atoms with van der Waals surface area (Å²) in [5.41, 5.74) is 3.14. The first-order valence-corrected chi connectivity index (χ1v) is 8.46. The summed E-state index contributed by atoms with van der Waals surface area (Å²) in [5.74, 6) is 0. The third kappa shape index (κ3) is 1.90. The van der Waals surface area contributed by atoms with Crippen LogP contribution in [0.15, 0.2) is 64.6 Å². The number of hydrogen-bond acceptors (Lipinski definition) is 3. The molecule has 0 atom stereocenters. The van der Waals surface area contributed by atoms with E-state index in [4.69, 9.17) is 0 Å². The molecule has 2 aromatic heterocycles. The average Bonchev–Trinajstić information content (AvgIpc) is 3.18. The highest BCUT2D eigenvalue weighted by Crippen LogP contribution is 2.27. The zero-order valence-electron chi connectivity index (χ0n) is 13.9. The maximum atomic E-state index is 13.2. The maximum absolute atomic E-state index is 13.2. The Bertz CT molecular complexity index is 1350. The molecule has 1 aliphatic heterocycles. The lowest BCUT2D eigenvalue weighted by atomic mass is 9.97. The number of nitriles is 1. The second-order valence-electron chi connectivity index (χ2n) is 6.33. The fraction of sp³-hybridized carbons (Fsp3) is 0.0952. The molecule has 3 heterocycles. The number of nitrogens with one attached hydrogen (secondary N) is 1. The molecule has 5 rings (SSSR count). The van der Waals surface area contributed by atoms with Gasteiger partial charge < -0.3 is 9.55 Å². The quantitative estimate of drug-likeness (QED) is 0.542. The van der Waals surface area contributed by atoms with Crippen molar-refractivity contribution in [3.63, 3.8) is 0 Å². The van der Waals surface area contributed by atoms with E-state index < -0.39 is 0 Å². The van der Waals surface area contributed by atoms with Gasteiger partial charge in [-0.05, 0) is 17.7 Å². The fourth-order valence-electron chi connectivity index (χ4n) is 3.81. The molecule has 0 fully saturated rings. The van der Waals surface area contributed by atoms with Gasteiger partial charge in [0.05, 0.1) is 23.2 Å². The zero-order chi connectivity index (χ0) is 17.7. The van der Waals surface area contributed by atoms with Gasteiger partial charge in [-0.3, -0.25) is 9.79 Å². The van der Waals surface area contributed by atoms with Crippen molar-refractivity contribution in [2.24, 2.45) is 4.99 Å². The van der Waals surface area contributed by atoms with Crippen LogP contribution >= 0.6 is 0 Å². The Morgan fingerprint density at radius 3 is 2.77 bits per heavy atom. The number of aromatic amines is 1. The van der Waals surface area contributed by atoms with E-state index in [0.717, 1.165) is 17.8 Å². The molecule has 0 unspecified atom stereocenters. The van der Waals surface area contributed by atoms with Crippen molar-refractivity contribution in [2.75, 3.05) is 6.54 Å². The van der Waals surface area contributed by atoms with E-state index in [2.05, 4.69) is 20.6 Å². The lowest BCUT2D eigenvalue weighted by Gasteiger charge is -2.14. The minimum atomic E-state index is -0.0835. The molecule has 0 amide bonds. The van der Waals surface area contributed by atoms with E-state index in [-0.39, 0.29) is 5.43 Å². The van der Waals surface area contributed by atoms with Gasteiger partial charge in [0.1, 0.15) is 11.6 Å². The SMILES string of the molecule is N#Cc1c2cc[nH]cc2c(=O)c2c3n(c(-c4ccccc4)cc12)CCN=3. The van der Waals surface area contributed by atoms with Gasteiger partial charge in [-0.25, -0.2) is 0 Å². The molecular formula is C21H14N4O. The predicted octanol–water partition coefficient (Wildman–Crippen LogP) is 2.94. The first-order valence-electron chi connectivity index (χ1n) is 8.46. The Morgan fingerprint density at radius 1 is 1.12 bits per heavy atom. The number of hydrogen-bond donors (Lipinski definition) is 1. The second kappa shape index (κ2) is 5.43. The van der Waals surface area contributed by atoms with Crippen LogP contribution in [0.5, 0.6) is 0 Å². The van der Waals surface area contributed by atoms with Gasteiger partial charge in [-0.15, -0.1) is 0 Å². The fourth-order valence-corrected chi connectivity index (χ4v) is 3.81. The molecule has 5 nitrogen and oxygen atoms in total. The van der Waals surface area contributed by atoms with Crippen LogP contribution in [-0.2, 0) is 6.54 Å². The molecule has 0 saturated heterocycles. The molecule has 1 N–H and O–H groups in total. The van der Waals surface area contributed by atoms with Crippen LogP contribution in [0.4, 0.5) is 0 Å². The number of H-pyrrole nitrogens is 1. The van der Waals surface area contributed by atoms with Gasteiger partial charge in [-0.2, -0.15) is 5.26 Å². The number of aromatic nitrogens is 2. The molecule has 0 saturated carbocycles. The average molecular weight is 338 g/mol. The van der Waals surface area contributed by atoms with E-state index in [1.807, 2.05) is 36.4 Å². The zero-order valence-corrected chi connectivity index (χ0v) is 13.9. The third-order valence-electron chi connectivity index (χ3n) is 4.96. The topological polar surface area (TPSA) is 73.9 Å². The number of pyridine rings is 2. The van der Waals surface area contributed by atoms with E-state index in [1.165, 1.54) is 0 Å². The monoisotopic (exact) mass is 338 g/mol. The summed E-state index contributed by atoms with van der Waals surface area (Å²) in [7, 11) is 0. The van der Waals surface area contributed by atoms with Crippen LogP contribution < -0.4 is 10.9 Å². The number of nitrogens with zero attached hydrogens (tertiary/aromatic N) is 3. The van der Waals surface area contributed by atoms with Gasteiger partial charge in [0, 0.05) is 35.1 Å². The van der Waals surface area contributed by atoms with Crippen LogP contribution in [0.3, 0.4) is 0 Å². The Labute approximate surface area is 148 Å². The standard InChI is InChI=1S/C21H14N4O/c22-11-16-14-6-7-23-12-17(14)20(26)19-15(16)10-18(13-4-2-1-3-5-13)25-9-8-24-21(19)25/h1-7,10,12,23H,8-9H2. The summed E-state index contributed by atoms with van der Waals surface area (Å²) in [4.78, 5) is 20.7. The molecule has 2 aromatic carbocycles. The van der Waals surface area contributed by atoms with Gasteiger partial charge in [0.15, 0.2) is 5.43 Å². The lowest BCUT2D eigenvalue weighted by Crippen LogP contribution is -2.24. The highest BCUT2D eigenvalue weighted by Gasteiger charge is 2.20. The second-order valence-corrected chi connectivity index (χ2v) is 6.33. The Morgan fingerprint density at radius 2 is 1.96 bits per heavy atom. The van der Waals surface area contributed by atoms with Crippen LogP contribution in [0.1, 0.15) is 5.56 Å². The van der Waals surface area contributed by atoms with Crippen molar-refractivity contribution in [1.29, 1.82) is 5.26 Å². The Balaban J connectivity index is 2.07. The van der Waals surface area contributed by atoms with Crippen LogP contribution in [-0.4, -0.2) is 16.1 Å². The molecule has 124 valence electrons.